The number of carbonyl (C=O) groups is 1. The molecule has 1 atom stereocenters. The van der Waals surface area contributed by atoms with E-state index in [0.29, 0.717) is 25.7 Å². The van der Waals surface area contributed by atoms with Crippen molar-refractivity contribution in [1.82, 2.24) is 14.9 Å². The summed E-state index contributed by atoms with van der Waals surface area (Å²) in [5, 5.41) is 2.00. The van der Waals surface area contributed by atoms with Gasteiger partial charge in [0.25, 0.3) is 5.91 Å². The maximum atomic E-state index is 15.0. The number of carbonyl (C=O) groups excluding carboxylic acids is 1. The average molecular weight is 570 g/mol. The van der Waals surface area contributed by atoms with E-state index in [1.165, 1.54) is 6.26 Å². The molecular weight excluding hydrogens is 541 g/mol. The van der Waals surface area contributed by atoms with Crippen LogP contribution in [0.5, 0.6) is 0 Å². The van der Waals surface area contributed by atoms with Gasteiger partial charge >= 0.3 is 6.18 Å². The van der Waals surface area contributed by atoms with E-state index in [1.807, 2.05) is 0 Å². The van der Waals surface area contributed by atoms with Gasteiger partial charge in [0.1, 0.15) is 26.5 Å². The number of imidazole rings is 1. The van der Waals surface area contributed by atoms with Crippen molar-refractivity contribution >= 4 is 27.3 Å². The Morgan fingerprint density at radius 1 is 1.19 bits per heavy atom. The Balaban J connectivity index is 1.79. The zero-order valence-electron chi connectivity index (χ0n) is 20.6. The molecule has 1 fully saturated rings. The van der Waals surface area contributed by atoms with Gasteiger partial charge in [0.05, 0.1) is 11.2 Å². The van der Waals surface area contributed by atoms with E-state index < -0.39 is 51.6 Å². The average Bonchev–Trinajstić information content (AvgIpc) is 3.12. The summed E-state index contributed by atoms with van der Waals surface area (Å²) >= 11 is 6.35. The highest BCUT2D eigenvalue weighted by molar-refractivity contribution is 7.91. The number of amides is 1. The Labute approximate surface area is 217 Å². The number of rotatable bonds is 8. The molecule has 1 heterocycles. The normalized spacial score (nSPS) is 19.6. The van der Waals surface area contributed by atoms with Gasteiger partial charge in [-0.3, -0.25) is 9.36 Å². The van der Waals surface area contributed by atoms with Crippen molar-refractivity contribution in [2.24, 2.45) is 11.8 Å². The van der Waals surface area contributed by atoms with Crippen molar-refractivity contribution in [3.63, 3.8) is 0 Å². The Morgan fingerprint density at radius 2 is 1.76 bits per heavy atom. The molecule has 0 spiro atoms. The molecule has 1 N–H and O–H groups in total. The van der Waals surface area contributed by atoms with Crippen molar-refractivity contribution < 1.29 is 35.2 Å². The number of halogens is 6. The maximum Gasteiger partial charge on any atom is 0.391 e. The Hall–Kier alpha value is -2.21. The summed E-state index contributed by atoms with van der Waals surface area (Å²) in [4.78, 5) is 17.0. The van der Waals surface area contributed by atoms with Gasteiger partial charge in [0.15, 0.2) is 17.3 Å². The molecule has 0 saturated heterocycles. The lowest BCUT2D eigenvalue weighted by Gasteiger charge is -2.27. The minimum Gasteiger partial charge on any atom is -0.350 e. The molecule has 0 radical (unpaired) electrons. The molecule has 1 unspecified atom stereocenters. The molecule has 1 aliphatic rings. The highest BCUT2D eigenvalue weighted by Crippen LogP contribution is 2.32. The lowest BCUT2D eigenvalue weighted by atomic mass is 9.89. The van der Waals surface area contributed by atoms with E-state index >= 15 is 0 Å². The number of nitrogens with zero attached hydrogens (tertiary/aromatic N) is 2. The molecule has 3 rings (SSSR count). The minimum atomic E-state index is -4.51. The van der Waals surface area contributed by atoms with Crippen molar-refractivity contribution in [2.45, 2.75) is 63.8 Å². The molecular formula is C24H29ClF5N3O3S. The third-order valence-electron chi connectivity index (χ3n) is 6.77. The number of aromatic nitrogens is 2. The van der Waals surface area contributed by atoms with Gasteiger partial charge in [-0.1, -0.05) is 25.4 Å². The molecule has 0 aliphatic heterocycles. The van der Waals surface area contributed by atoms with Crippen LogP contribution < -0.4 is 5.32 Å². The summed E-state index contributed by atoms with van der Waals surface area (Å²) in [6.07, 6.45) is -1.48. The van der Waals surface area contributed by atoms with Crippen LogP contribution >= 0.6 is 11.6 Å². The topological polar surface area (TPSA) is 81.1 Å². The Bertz CT molecular complexity index is 1230. The smallest absolute Gasteiger partial charge is 0.350 e. The van der Waals surface area contributed by atoms with Crippen molar-refractivity contribution in [3.8, 4) is 5.69 Å². The summed E-state index contributed by atoms with van der Waals surface area (Å²) in [7, 11) is -3.11. The molecule has 1 amide bonds. The maximum absolute atomic E-state index is 15.0. The summed E-state index contributed by atoms with van der Waals surface area (Å²) in [5.74, 6) is -4.55. The first-order valence-electron chi connectivity index (χ1n) is 11.9. The highest BCUT2D eigenvalue weighted by atomic mass is 35.5. The van der Waals surface area contributed by atoms with Crippen LogP contribution in [0.1, 0.15) is 61.4 Å². The predicted octanol–water partition coefficient (Wildman–Crippen LogP) is 5.44. The lowest BCUT2D eigenvalue weighted by Crippen LogP contribution is -2.34. The lowest BCUT2D eigenvalue weighted by molar-refractivity contribution is -0.169. The SMILES string of the molecule is CCc1nc(C(=O)NC[C@H]2CC[C@H](S(C)(=O)=O)CC2)c(Cl)n1-c1c(F)cc(CC(C)C(F)(F)F)cc1F. The largest absolute Gasteiger partial charge is 0.391 e. The van der Waals surface area contributed by atoms with Gasteiger partial charge in [-0.05, 0) is 55.7 Å². The Kier molecular flexibility index (Phi) is 8.94. The van der Waals surface area contributed by atoms with Crippen molar-refractivity contribution in [1.29, 1.82) is 0 Å². The van der Waals surface area contributed by atoms with E-state index in [9.17, 15) is 35.2 Å². The number of nitrogens with one attached hydrogen (secondary N) is 1. The van der Waals surface area contributed by atoms with Gasteiger partial charge < -0.3 is 5.32 Å². The van der Waals surface area contributed by atoms with Crippen molar-refractivity contribution in [3.05, 3.63) is 46.0 Å². The standard InChI is InChI=1S/C24H29ClF5N3O3S/c1-4-19-32-20(23(34)31-12-14-5-7-16(8-6-14)37(3,35)36)22(25)33(19)21-17(26)10-15(11-18(21)27)9-13(2)24(28,29)30/h10-11,13-14,16H,4-9,12H2,1-3H3,(H,31,34)/t13?,14-,16-. The summed E-state index contributed by atoms with van der Waals surface area (Å²) < 4.78 is 93.0. The van der Waals surface area contributed by atoms with Crippen LogP contribution in [0.25, 0.3) is 5.69 Å². The highest BCUT2D eigenvalue weighted by Gasteiger charge is 2.36. The monoisotopic (exact) mass is 569 g/mol. The molecule has 1 aromatic heterocycles. The fourth-order valence-electron chi connectivity index (χ4n) is 4.56. The first-order chi connectivity index (χ1) is 17.1. The van der Waals surface area contributed by atoms with E-state index in [-0.39, 0.29) is 46.4 Å². The summed E-state index contributed by atoms with van der Waals surface area (Å²) in [6, 6.07) is 1.64. The van der Waals surface area contributed by atoms with Crippen molar-refractivity contribution in [2.75, 3.05) is 12.8 Å². The number of aryl methyl sites for hydroxylation is 1. The molecule has 1 aromatic carbocycles. The second-order valence-electron chi connectivity index (χ2n) is 9.59. The van der Waals surface area contributed by atoms with Gasteiger partial charge in [0, 0.05) is 19.2 Å². The van der Waals surface area contributed by atoms with Gasteiger partial charge in [0.2, 0.25) is 0 Å². The molecule has 2 aromatic rings. The minimum absolute atomic E-state index is 0.0648. The number of benzene rings is 1. The molecule has 6 nitrogen and oxygen atoms in total. The molecule has 13 heteroatoms. The van der Waals surface area contributed by atoms with E-state index in [0.717, 1.165) is 23.6 Å². The van der Waals surface area contributed by atoms with Gasteiger partial charge in [-0.25, -0.2) is 22.2 Å². The first-order valence-corrected chi connectivity index (χ1v) is 14.3. The molecule has 37 heavy (non-hydrogen) atoms. The van der Waals surface area contributed by atoms with E-state index in [2.05, 4.69) is 10.3 Å². The van der Waals surface area contributed by atoms with E-state index in [4.69, 9.17) is 11.6 Å². The fraction of sp³-hybridized carbons (Fsp3) is 0.583. The Morgan fingerprint density at radius 3 is 2.24 bits per heavy atom. The molecule has 206 valence electrons. The quantitative estimate of drug-likeness (QED) is 0.429. The fourth-order valence-corrected chi connectivity index (χ4v) is 6.00. The van der Waals surface area contributed by atoms with Crippen LogP contribution in [0.3, 0.4) is 0 Å². The number of hydrogen-bond donors (Lipinski definition) is 1. The predicted molar refractivity (Wildman–Crippen MR) is 130 cm³/mol. The number of alkyl halides is 3. The van der Waals surface area contributed by atoms with Crippen LogP contribution in [-0.2, 0) is 22.7 Å². The number of sulfone groups is 1. The third-order valence-corrected chi connectivity index (χ3v) is 8.80. The number of hydrogen-bond acceptors (Lipinski definition) is 4. The van der Waals surface area contributed by atoms with Crippen LogP contribution in [0.2, 0.25) is 5.15 Å². The van der Waals surface area contributed by atoms with Gasteiger partial charge in [-0.15, -0.1) is 0 Å². The second-order valence-corrected chi connectivity index (χ2v) is 12.3. The van der Waals surface area contributed by atoms with Gasteiger partial charge in [-0.2, -0.15) is 13.2 Å². The summed E-state index contributed by atoms with van der Waals surface area (Å²) in [5.41, 5.74) is -1.03. The van der Waals surface area contributed by atoms with Crippen LogP contribution in [0, 0.1) is 23.5 Å². The van der Waals surface area contributed by atoms with Crippen LogP contribution in [-0.4, -0.2) is 48.1 Å². The second kappa shape index (κ2) is 11.3. The zero-order chi connectivity index (χ0) is 27.7. The first kappa shape index (κ1) is 29.3. The zero-order valence-corrected chi connectivity index (χ0v) is 22.2. The van der Waals surface area contributed by atoms with Crippen LogP contribution in [0.15, 0.2) is 12.1 Å². The summed E-state index contributed by atoms with van der Waals surface area (Å²) in [6.45, 7) is 2.83. The third kappa shape index (κ3) is 6.81. The van der Waals surface area contributed by atoms with E-state index in [1.54, 1.807) is 6.92 Å². The molecule has 1 aliphatic carbocycles. The molecule has 1 saturated carbocycles. The van der Waals surface area contributed by atoms with Crippen LogP contribution in [0.4, 0.5) is 22.0 Å². The molecule has 0 bridgehead atoms.